The Bertz CT molecular complexity index is 1670. The van der Waals surface area contributed by atoms with Crippen molar-refractivity contribution in [3.63, 3.8) is 0 Å². The largest absolute Gasteiger partial charge is 0.451 e. The second-order valence-corrected chi connectivity index (χ2v) is 21.5. The molecule has 1 aliphatic heterocycles. The van der Waals surface area contributed by atoms with Gasteiger partial charge in [-0.2, -0.15) is 0 Å². The highest BCUT2D eigenvalue weighted by Gasteiger charge is 2.46. The van der Waals surface area contributed by atoms with Crippen LogP contribution in [0.4, 0.5) is 0 Å². The lowest BCUT2D eigenvalue weighted by atomic mass is 10.00. The number of esters is 1. The van der Waals surface area contributed by atoms with Gasteiger partial charge in [-0.1, -0.05) is 116 Å². The Hall–Kier alpha value is -2.89. The minimum absolute atomic E-state index is 0.0900. The third kappa shape index (κ3) is 7.47. The summed E-state index contributed by atoms with van der Waals surface area (Å²) in [4.78, 5) is 34.7. The van der Waals surface area contributed by atoms with Gasteiger partial charge in [0, 0.05) is 11.4 Å². The summed E-state index contributed by atoms with van der Waals surface area (Å²) >= 11 is 1.66. The lowest BCUT2D eigenvalue weighted by Crippen LogP contribution is -2.61. The second kappa shape index (κ2) is 14.1. The summed E-state index contributed by atoms with van der Waals surface area (Å²) in [5.41, 5.74) is 3.24. The Morgan fingerprint density at radius 1 is 1.02 bits per heavy atom. The minimum atomic E-state index is -1.95. The molecule has 0 aliphatic carbocycles. The SMILES string of the molecule is C=C(C)C(C(=O)OC(c1ccccc1)c1ccccc1)N1C[C@H](SSc2cccc3sc(C(C)O[Si](C)(C)C(C)(C)C)nc23)C1=O. The molecule has 0 bridgehead atoms. The number of carbonyl (C=O) groups excluding carboxylic acids is 2. The fourth-order valence-electron chi connectivity index (χ4n) is 5.04. The number of benzene rings is 3. The van der Waals surface area contributed by atoms with Crippen LogP contribution in [-0.4, -0.2) is 47.9 Å². The molecule has 46 heavy (non-hydrogen) atoms. The first-order chi connectivity index (χ1) is 21.8. The van der Waals surface area contributed by atoms with Crippen molar-refractivity contribution in [2.75, 3.05) is 6.54 Å². The molecule has 3 atom stereocenters. The van der Waals surface area contributed by atoms with Crippen molar-refractivity contribution in [3.05, 3.63) is 107 Å². The standard InChI is InChI=1S/C36H42N2O4S3Si/c1-23(2)31(35(40)41-32(25-16-11-9-12-17-25)26-18-13-10-14-19-26)38-22-29(34(38)39)45-44-28-21-15-20-27-30(28)37-33(43-27)24(3)42-46(7,8)36(4,5)6/h9-21,24,29,31-32H,1,22H2,2-8H3/t24?,29-,31?/m0/s1. The summed E-state index contributed by atoms with van der Waals surface area (Å²) < 4.78 is 13.8. The van der Waals surface area contributed by atoms with E-state index in [0.717, 1.165) is 31.2 Å². The molecule has 2 heterocycles. The molecular formula is C36H42N2O4S3Si. The van der Waals surface area contributed by atoms with Gasteiger partial charge < -0.3 is 14.1 Å². The van der Waals surface area contributed by atoms with E-state index < -0.39 is 26.4 Å². The molecule has 0 N–H and O–H groups in total. The van der Waals surface area contributed by atoms with Crippen LogP contribution in [0.1, 0.15) is 63.0 Å². The monoisotopic (exact) mass is 690 g/mol. The fraction of sp³-hybridized carbons (Fsp3) is 0.361. The molecule has 0 spiro atoms. The van der Waals surface area contributed by atoms with Crippen molar-refractivity contribution in [1.29, 1.82) is 0 Å². The van der Waals surface area contributed by atoms with E-state index in [1.807, 2.05) is 72.8 Å². The van der Waals surface area contributed by atoms with E-state index >= 15 is 0 Å². The van der Waals surface area contributed by atoms with E-state index in [1.165, 1.54) is 10.8 Å². The topological polar surface area (TPSA) is 68.7 Å². The van der Waals surface area contributed by atoms with Gasteiger partial charge >= 0.3 is 5.97 Å². The quantitative estimate of drug-likeness (QED) is 0.0482. The Morgan fingerprint density at radius 2 is 1.63 bits per heavy atom. The molecule has 1 fully saturated rings. The van der Waals surface area contributed by atoms with Gasteiger partial charge in [0.2, 0.25) is 5.91 Å². The Morgan fingerprint density at radius 3 is 2.17 bits per heavy atom. The highest BCUT2D eigenvalue weighted by Crippen LogP contribution is 2.45. The number of para-hydroxylation sites is 1. The number of nitrogens with zero attached hydrogens (tertiary/aromatic N) is 2. The van der Waals surface area contributed by atoms with Crippen LogP contribution in [0.25, 0.3) is 10.2 Å². The molecule has 242 valence electrons. The van der Waals surface area contributed by atoms with Crippen LogP contribution in [0.15, 0.2) is 95.9 Å². The molecule has 5 rings (SSSR count). The molecule has 0 radical (unpaired) electrons. The van der Waals surface area contributed by atoms with E-state index in [-0.39, 0.29) is 22.3 Å². The summed E-state index contributed by atoms with van der Waals surface area (Å²) in [7, 11) is 1.12. The van der Waals surface area contributed by atoms with Gasteiger partial charge in [-0.25, -0.2) is 9.78 Å². The number of thiazole rings is 1. The highest BCUT2D eigenvalue weighted by atomic mass is 33.1. The van der Waals surface area contributed by atoms with Gasteiger partial charge in [-0.05, 0) is 60.8 Å². The van der Waals surface area contributed by atoms with E-state index in [4.69, 9.17) is 14.1 Å². The summed E-state index contributed by atoms with van der Waals surface area (Å²) in [6, 6.07) is 24.6. The van der Waals surface area contributed by atoms with Crippen molar-refractivity contribution >= 4 is 63.3 Å². The van der Waals surface area contributed by atoms with Crippen molar-refractivity contribution in [1.82, 2.24) is 9.88 Å². The number of ether oxygens (including phenoxy) is 1. The zero-order valence-corrected chi connectivity index (χ0v) is 30.9. The first-order valence-corrected chi connectivity index (χ1v) is 21.4. The molecular weight excluding hydrogens is 649 g/mol. The lowest BCUT2D eigenvalue weighted by Gasteiger charge is -2.42. The number of likely N-dealkylation sites (tertiary alicyclic amines) is 1. The summed E-state index contributed by atoms with van der Waals surface area (Å²) in [6.07, 6.45) is -0.680. The van der Waals surface area contributed by atoms with Crippen LogP contribution >= 0.6 is 32.9 Å². The van der Waals surface area contributed by atoms with Crippen LogP contribution in [0, 0.1) is 0 Å². The third-order valence-corrected chi connectivity index (χ3v) is 17.1. The Kier molecular flexibility index (Phi) is 10.5. The van der Waals surface area contributed by atoms with Crippen molar-refractivity contribution in [2.24, 2.45) is 0 Å². The molecule has 1 amide bonds. The zero-order valence-electron chi connectivity index (χ0n) is 27.5. The molecule has 1 aromatic heterocycles. The maximum Gasteiger partial charge on any atom is 0.334 e. The Labute approximate surface area is 285 Å². The third-order valence-electron chi connectivity index (χ3n) is 8.64. The normalized spacial score (nSPS) is 16.7. The summed E-state index contributed by atoms with van der Waals surface area (Å²) in [6.45, 7) is 19.6. The van der Waals surface area contributed by atoms with E-state index in [1.54, 1.807) is 34.0 Å². The number of rotatable bonds is 12. The predicted octanol–water partition coefficient (Wildman–Crippen LogP) is 9.61. The maximum atomic E-state index is 13.6. The highest BCUT2D eigenvalue weighted by molar-refractivity contribution is 8.77. The number of hydrogen-bond acceptors (Lipinski definition) is 8. The average molecular weight is 691 g/mol. The van der Waals surface area contributed by atoms with Gasteiger partial charge in [-0.3, -0.25) is 4.79 Å². The smallest absolute Gasteiger partial charge is 0.334 e. The second-order valence-electron chi connectivity index (χ2n) is 13.2. The summed E-state index contributed by atoms with van der Waals surface area (Å²) in [5, 5.41) is 0.799. The molecule has 6 nitrogen and oxygen atoms in total. The molecule has 0 saturated carbocycles. The first-order valence-electron chi connectivity index (χ1n) is 15.4. The molecule has 4 aromatic rings. The maximum absolute atomic E-state index is 13.6. The fourth-order valence-corrected chi connectivity index (χ4v) is 10.0. The average Bonchev–Trinajstić information content (AvgIpc) is 3.46. The van der Waals surface area contributed by atoms with Gasteiger partial charge in [0.25, 0.3) is 0 Å². The van der Waals surface area contributed by atoms with Crippen LogP contribution < -0.4 is 0 Å². The van der Waals surface area contributed by atoms with E-state index in [0.29, 0.717) is 12.1 Å². The predicted molar refractivity (Wildman–Crippen MR) is 195 cm³/mol. The summed E-state index contributed by atoms with van der Waals surface area (Å²) in [5.74, 6) is -0.579. The first kappa shape index (κ1) is 34.4. The molecule has 3 aromatic carbocycles. The van der Waals surface area contributed by atoms with Crippen LogP contribution in [-0.2, 0) is 18.8 Å². The van der Waals surface area contributed by atoms with Gasteiger partial charge in [0.1, 0.15) is 10.3 Å². The lowest BCUT2D eigenvalue weighted by molar-refractivity contribution is -0.160. The number of β-lactam (4-membered cyclic amide) rings is 1. The number of fused-ring (bicyclic) bond motifs is 1. The minimum Gasteiger partial charge on any atom is -0.451 e. The van der Waals surface area contributed by atoms with Crippen LogP contribution in [0.2, 0.25) is 18.1 Å². The van der Waals surface area contributed by atoms with Gasteiger partial charge in [-0.15, -0.1) is 11.3 Å². The molecule has 1 aliphatic rings. The molecule has 2 unspecified atom stereocenters. The molecule has 1 saturated heterocycles. The zero-order chi connectivity index (χ0) is 33.2. The van der Waals surface area contributed by atoms with Crippen molar-refractivity contribution in [3.8, 4) is 0 Å². The number of aromatic nitrogens is 1. The van der Waals surface area contributed by atoms with Crippen LogP contribution in [0.5, 0.6) is 0 Å². The van der Waals surface area contributed by atoms with Gasteiger partial charge in [0.05, 0.1) is 16.3 Å². The molecule has 10 heteroatoms. The van der Waals surface area contributed by atoms with E-state index in [2.05, 4.69) is 53.4 Å². The van der Waals surface area contributed by atoms with E-state index in [9.17, 15) is 9.59 Å². The number of carbonyl (C=O) groups is 2. The van der Waals surface area contributed by atoms with Crippen LogP contribution in [0.3, 0.4) is 0 Å². The Balaban J connectivity index is 1.25. The number of hydrogen-bond donors (Lipinski definition) is 0. The van der Waals surface area contributed by atoms with Crippen molar-refractivity contribution in [2.45, 2.75) is 81.1 Å². The number of amides is 1. The van der Waals surface area contributed by atoms with Gasteiger partial charge in [0.15, 0.2) is 20.5 Å². The van der Waals surface area contributed by atoms with Crippen molar-refractivity contribution < 1.29 is 18.8 Å².